The molecule has 2 aromatic heterocycles. The lowest BCUT2D eigenvalue weighted by Crippen LogP contribution is -2.23. The van der Waals surface area contributed by atoms with Crippen LogP contribution in [-0.4, -0.2) is 32.3 Å². The highest BCUT2D eigenvalue weighted by Crippen LogP contribution is 2.28. The minimum atomic E-state index is -4.77. The summed E-state index contributed by atoms with van der Waals surface area (Å²) in [5, 5.41) is 10.8. The average molecular weight is 438 g/mol. The molecule has 7 nitrogen and oxygen atoms in total. The number of nitrogens with one attached hydrogen (secondary N) is 1. The van der Waals surface area contributed by atoms with E-state index in [0.717, 1.165) is 12.1 Å². The first kappa shape index (κ1) is 21.5. The van der Waals surface area contributed by atoms with Gasteiger partial charge in [-0.05, 0) is 43.3 Å². The number of halogens is 3. The largest absolute Gasteiger partial charge is 0.573 e. The summed E-state index contributed by atoms with van der Waals surface area (Å²) in [6.07, 6.45) is -1.57. The monoisotopic (exact) mass is 438 g/mol. The van der Waals surface area contributed by atoms with Gasteiger partial charge in [0.2, 0.25) is 11.7 Å². The Kier molecular flexibility index (Phi) is 6.50. The quantitative estimate of drug-likeness (QED) is 0.404. The first-order chi connectivity index (χ1) is 14.3. The standard InChI is InChI=1S/C19H17F3N4O3S/c1-3-10-26-16(15-5-4-11-28-15)24-25-18(26)30-12(2)17(27)23-13-6-8-14(9-7-13)29-19(20,21)22/h3-9,11-12H,1,10H2,2H3,(H,23,27). The number of hydrogen-bond donors (Lipinski definition) is 1. The van der Waals surface area contributed by atoms with Gasteiger partial charge in [0.15, 0.2) is 10.9 Å². The molecule has 30 heavy (non-hydrogen) atoms. The van der Waals surface area contributed by atoms with Crippen LogP contribution in [0, 0.1) is 0 Å². The minimum absolute atomic E-state index is 0.339. The highest BCUT2D eigenvalue weighted by molar-refractivity contribution is 8.00. The highest BCUT2D eigenvalue weighted by atomic mass is 32.2. The Labute approximate surface area is 173 Å². The zero-order valence-electron chi connectivity index (χ0n) is 15.7. The van der Waals surface area contributed by atoms with Gasteiger partial charge in [0, 0.05) is 12.2 Å². The van der Waals surface area contributed by atoms with E-state index in [1.165, 1.54) is 30.2 Å². The maximum atomic E-state index is 12.5. The van der Waals surface area contributed by atoms with Crippen molar-refractivity contribution < 1.29 is 27.1 Å². The first-order valence-corrected chi connectivity index (χ1v) is 9.56. The normalized spacial score (nSPS) is 12.4. The number of allylic oxidation sites excluding steroid dienone is 1. The highest BCUT2D eigenvalue weighted by Gasteiger charge is 2.31. The second-order valence-corrected chi connectivity index (χ2v) is 7.31. The lowest BCUT2D eigenvalue weighted by atomic mass is 10.3. The molecule has 0 aliphatic carbocycles. The van der Waals surface area contributed by atoms with Crippen molar-refractivity contribution in [3.63, 3.8) is 0 Å². The number of furan rings is 1. The number of hydrogen-bond acceptors (Lipinski definition) is 6. The van der Waals surface area contributed by atoms with E-state index in [0.29, 0.717) is 29.0 Å². The third-order valence-corrected chi connectivity index (χ3v) is 4.86. The molecule has 1 atom stereocenters. The van der Waals surface area contributed by atoms with Crippen LogP contribution in [0.25, 0.3) is 11.6 Å². The Morgan fingerprint density at radius 1 is 1.33 bits per heavy atom. The number of nitrogens with zero attached hydrogens (tertiary/aromatic N) is 3. The summed E-state index contributed by atoms with van der Waals surface area (Å²) in [6.45, 7) is 5.82. The molecule has 1 unspecified atom stereocenters. The molecule has 0 saturated carbocycles. The minimum Gasteiger partial charge on any atom is -0.461 e. The number of ether oxygens (including phenoxy) is 1. The van der Waals surface area contributed by atoms with Crippen molar-refractivity contribution >= 4 is 23.4 Å². The van der Waals surface area contributed by atoms with Crippen LogP contribution in [0.4, 0.5) is 18.9 Å². The molecule has 0 spiro atoms. The van der Waals surface area contributed by atoms with E-state index in [1.807, 2.05) is 0 Å². The fraction of sp³-hybridized carbons (Fsp3) is 0.211. The summed E-state index contributed by atoms with van der Waals surface area (Å²) in [5.41, 5.74) is 0.339. The van der Waals surface area contributed by atoms with Crippen LogP contribution in [0.1, 0.15) is 6.92 Å². The molecule has 11 heteroatoms. The Balaban J connectivity index is 1.66. The van der Waals surface area contributed by atoms with Crippen LogP contribution in [0.3, 0.4) is 0 Å². The number of thioether (sulfide) groups is 1. The number of alkyl halides is 3. The van der Waals surface area contributed by atoms with Crippen LogP contribution < -0.4 is 10.1 Å². The number of amides is 1. The molecule has 158 valence electrons. The van der Waals surface area contributed by atoms with E-state index < -0.39 is 11.6 Å². The molecule has 1 amide bonds. The van der Waals surface area contributed by atoms with Crippen molar-refractivity contribution in [1.82, 2.24) is 14.8 Å². The second-order valence-electron chi connectivity index (χ2n) is 6.00. The van der Waals surface area contributed by atoms with Gasteiger partial charge < -0.3 is 14.5 Å². The maximum absolute atomic E-state index is 12.5. The number of rotatable bonds is 8. The van der Waals surface area contributed by atoms with Crippen LogP contribution >= 0.6 is 11.8 Å². The fourth-order valence-corrected chi connectivity index (χ4v) is 3.31. The molecule has 0 bridgehead atoms. The third-order valence-electron chi connectivity index (χ3n) is 3.78. The smallest absolute Gasteiger partial charge is 0.461 e. The number of aromatic nitrogens is 3. The van der Waals surface area contributed by atoms with Gasteiger partial charge in [0.25, 0.3) is 0 Å². The molecule has 3 rings (SSSR count). The Morgan fingerprint density at radius 3 is 2.67 bits per heavy atom. The SMILES string of the molecule is C=CCn1c(SC(C)C(=O)Nc2ccc(OC(F)(F)F)cc2)nnc1-c1ccco1. The van der Waals surface area contributed by atoms with Crippen LogP contribution in [0.5, 0.6) is 5.75 Å². The maximum Gasteiger partial charge on any atom is 0.573 e. The van der Waals surface area contributed by atoms with Gasteiger partial charge in [0.05, 0.1) is 11.5 Å². The lowest BCUT2D eigenvalue weighted by Gasteiger charge is -2.13. The molecule has 3 aromatic rings. The predicted molar refractivity (Wildman–Crippen MR) is 105 cm³/mol. The summed E-state index contributed by atoms with van der Waals surface area (Å²) in [6, 6.07) is 8.38. The second kappa shape index (κ2) is 9.08. The van der Waals surface area contributed by atoms with Crippen molar-refractivity contribution in [2.45, 2.75) is 30.2 Å². The summed E-state index contributed by atoms with van der Waals surface area (Å²) < 4.78 is 47.6. The van der Waals surface area contributed by atoms with E-state index >= 15 is 0 Å². The molecule has 0 radical (unpaired) electrons. The number of carbonyl (C=O) groups is 1. The van der Waals surface area contributed by atoms with Crippen LogP contribution in [0.2, 0.25) is 0 Å². The third kappa shape index (κ3) is 5.44. The van der Waals surface area contributed by atoms with E-state index in [-0.39, 0.29) is 11.7 Å². The molecule has 2 heterocycles. The molecular formula is C19H17F3N4O3S. The molecule has 1 aromatic carbocycles. The summed E-state index contributed by atoms with van der Waals surface area (Å²) in [5.74, 6) is 0.327. The molecule has 0 aliphatic heterocycles. The van der Waals surface area contributed by atoms with Gasteiger partial charge in [-0.15, -0.1) is 29.9 Å². The molecule has 0 fully saturated rings. The van der Waals surface area contributed by atoms with Crippen molar-refractivity contribution in [3.05, 3.63) is 55.3 Å². The Morgan fingerprint density at radius 2 is 2.07 bits per heavy atom. The number of anilines is 1. The van der Waals surface area contributed by atoms with Crippen molar-refractivity contribution in [3.8, 4) is 17.3 Å². The summed E-state index contributed by atoms with van der Waals surface area (Å²) in [4.78, 5) is 12.5. The van der Waals surface area contributed by atoms with Crippen molar-refractivity contribution in [1.29, 1.82) is 0 Å². The molecule has 0 aliphatic rings. The molecular weight excluding hydrogens is 421 g/mol. The first-order valence-electron chi connectivity index (χ1n) is 8.68. The van der Waals surface area contributed by atoms with E-state index in [4.69, 9.17) is 4.42 Å². The number of carbonyl (C=O) groups excluding carboxylic acids is 1. The van der Waals surface area contributed by atoms with Gasteiger partial charge in [-0.25, -0.2) is 0 Å². The number of benzene rings is 1. The zero-order valence-corrected chi connectivity index (χ0v) is 16.5. The van der Waals surface area contributed by atoms with Crippen molar-refractivity contribution in [2.24, 2.45) is 0 Å². The molecule has 0 saturated heterocycles. The van der Waals surface area contributed by atoms with Gasteiger partial charge in [-0.1, -0.05) is 17.8 Å². The van der Waals surface area contributed by atoms with Gasteiger partial charge >= 0.3 is 6.36 Å². The topological polar surface area (TPSA) is 82.2 Å². The van der Waals surface area contributed by atoms with Gasteiger partial charge in [-0.2, -0.15) is 0 Å². The molecule has 1 N–H and O–H groups in total. The lowest BCUT2D eigenvalue weighted by molar-refractivity contribution is -0.274. The zero-order chi connectivity index (χ0) is 21.7. The van der Waals surface area contributed by atoms with Crippen LogP contribution in [0.15, 0.2) is 64.9 Å². The summed E-state index contributed by atoms with van der Waals surface area (Å²) in [7, 11) is 0. The Hall–Kier alpha value is -3.21. The Bertz CT molecular complexity index is 1000. The predicted octanol–water partition coefficient (Wildman–Crippen LogP) is 4.74. The average Bonchev–Trinajstić information content (AvgIpc) is 3.33. The van der Waals surface area contributed by atoms with E-state index in [1.54, 1.807) is 29.7 Å². The van der Waals surface area contributed by atoms with Crippen molar-refractivity contribution in [2.75, 3.05) is 5.32 Å². The van der Waals surface area contributed by atoms with E-state index in [9.17, 15) is 18.0 Å². The summed E-state index contributed by atoms with van der Waals surface area (Å²) >= 11 is 1.18. The van der Waals surface area contributed by atoms with Crippen LogP contribution in [-0.2, 0) is 11.3 Å². The van der Waals surface area contributed by atoms with Gasteiger partial charge in [-0.3, -0.25) is 9.36 Å². The van der Waals surface area contributed by atoms with E-state index in [2.05, 4.69) is 26.8 Å². The van der Waals surface area contributed by atoms with Gasteiger partial charge in [0.1, 0.15) is 5.75 Å². The fourth-order valence-electron chi connectivity index (χ4n) is 2.45.